The quantitative estimate of drug-likeness (QED) is 0.890. The number of carbonyl (C=O) groups is 1. The zero-order chi connectivity index (χ0) is 18.0. The molecule has 0 bridgehead atoms. The van der Waals surface area contributed by atoms with Gasteiger partial charge in [-0.2, -0.15) is 10.2 Å². The van der Waals surface area contributed by atoms with Gasteiger partial charge in [0.15, 0.2) is 0 Å². The van der Waals surface area contributed by atoms with Crippen molar-refractivity contribution in [3.05, 3.63) is 35.4 Å². The number of piperidine rings is 1. The number of amides is 1. The molecular formula is C18H28N6O. The van der Waals surface area contributed by atoms with Gasteiger partial charge in [0, 0.05) is 43.0 Å². The van der Waals surface area contributed by atoms with Gasteiger partial charge in [0.05, 0.1) is 12.2 Å². The Bertz CT molecular complexity index is 726. The Morgan fingerprint density at radius 3 is 2.96 bits per heavy atom. The van der Waals surface area contributed by atoms with Gasteiger partial charge < -0.3 is 5.32 Å². The molecule has 0 radical (unpaired) electrons. The molecule has 0 aliphatic carbocycles. The van der Waals surface area contributed by atoms with Crippen LogP contribution in [-0.2, 0) is 12.0 Å². The molecule has 2 N–H and O–H groups in total. The molecule has 3 heterocycles. The van der Waals surface area contributed by atoms with Crippen LogP contribution in [0.1, 0.15) is 61.4 Å². The number of H-pyrrole nitrogens is 1. The molecule has 7 nitrogen and oxygen atoms in total. The molecule has 0 aromatic carbocycles. The van der Waals surface area contributed by atoms with Crippen LogP contribution in [0.15, 0.2) is 18.5 Å². The molecule has 0 unspecified atom stereocenters. The minimum atomic E-state index is -0.139. The molecule has 1 atom stereocenters. The van der Waals surface area contributed by atoms with Crippen LogP contribution in [0.5, 0.6) is 0 Å². The third kappa shape index (κ3) is 3.92. The predicted octanol–water partition coefficient (Wildman–Crippen LogP) is 2.10. The number of aromatic amines is 1. The van der Waals surface area contributed by atoms with Gasteiger partial charge >= 0.3 is 0 Å². The Morgan fingerprint density at radius 1 is 1.44 bits per heavy atom. The Balaban J connectivity index is 1.69. The number of nitrogens with one attached hydrogen (secondary N) is 2. The number of likely N-dealkylation sites (tertiary alicyclic amines) is 1. The van der Waals surface area contributed by atoms with E-state index >= 15 is 0 Å². The Morgan fingerprint density at radius 2 is 2.24 bits per heavy atom. The standard InChI is InChI=1S/C18H28N6O/c1-18(2,3)16-13(10-20-21-16)11-23-8-5-6-14(12-23)24-9-7-15(22-24)17(25)19-4/h7,9-10,14H,5-6,8,11-12H2,1-4H3,(H,19,25)(H,20,21)/t14-/m0/s1. The Kier molecular flexibility index (Phi) is 4.94. The van der Waals surface area contributed by atoms with E-state index in [9.17, 15) is 4.79 Å². The Labute approximate surface area is 148 Å². The second kappa shape index (κ2) is 7.00. The van der Waals surface area contributed by atoms with Crippen molar-refractivity contribution in [2.24, 2.45) is 0 Å². The molecule has 3 rings (SSSR count). The summed E-state index contributed by atoms with van der Waals surface area (Å²) in [5, 5.41) is 14.5. The summed E-state index contributed by atoms with van der Waals surface area (Å²) in [5.41, 5.74) is 3.01. The zero-order valence-corrected chi connectivity index (χ0v) is 15.5. The van der Waals surface area contributed by atoms with Crippen LogP contribution in [0, 0.1) is 0 Å². The van der Waals surface area contributed by atoms with E-state index in [2.05, 4.69) is 46.3 Å². The monoisotopic (exact) mass is 344 g/mol. The lowest BCUT2D eigenvalue weighted by Gasteiger charge is -2.33. The molecule has 136 valence electrons. The van der Waals surface area contributed by atoms with E-state index in [-0.39, 0.29) is 11.3 Å². The molecular weight excluding hydrogens is 316 g/mol. The highest BCUT2D eigenvalue weighted by Gasteiger charge is 2.26. The summed E-state index contributed by atoms with van der Waals surface area (Å²) in [5.74, 6) is -0.139. The third-order valence-corrected chi connectivity index (χ3v) is 4.78. The molecule has 1 aliphatic heterocycles. The van der Waals surface area contributed by atoms with Crippen LogP contribution in [0.3, 0.4) is 0 Å². The fourth-order valence-electron chi connectivity index (χ4n) is 3.50. The SMILES string of the molecule is CNC(=O)c1ccn([C@H]2CCCN(Cc3cn[nH]c3C(C)(C)C)C2)n1. The van der Waals surface area contributed by atoms with Gasteiger partial charge in [-0.15, -0.1) is 0 Å². The number of nitrogens with zero attached hydrogens (tertiary/aromatic N) is 4. The second-order valence-corrected chi connectivity index (χ2v) is 7.81. The first-order valence-electron chi connectivity index (χ1n) is 8.91. The molecule has 25 heavy (non-hydrogen) atoms. The molecule has 1 amide bonds. The predicted molar refractivity (Wildman–Crippen MR) is 96.5 cm³/mol. The van der Waals surface area contributed by atoms with Crippen LogP contribution < -0.4 is 5.32 Å². The average Bonchev–Trinajstić information content (AvgIpc) is 3.23. The molecule has 1 fully saturated rings. The minimum absolute atomic E-state index is 0.0609. The largest absolute Gasteiger partial charge is 0.354 e. The van der Waals surface area contributed by atoms with Crippen LogP contribution in [0.25, 0.3) is 0 Å². The third-order valence-electron chi connectivity index (χ3n) is 4.78. The lowest BCUT2D eigenvalue weighted by Crippen LogP contribution is -2.36. The molecule has 0 spiro atoms. The summed E-state index contributed by atoms with van der Waals surface area (Å²) < 4.78 is 1.94. The first kappa shape index (κ1) is 17.7. The summed E-state index contributed by atoms with van der Waals surface area (Å²) >= 11 is 0. The van der Waals surface area contributed by atoms with Gasteiger partial charge in [-0.25, -0.2) is 0 Å². The van der Waals surface area contributed by atoms with Gasteiger partial charge in [-0.3, -0.25) is 19.5 Å². The van der Waals surface area contributed by atoms with E-state index < -0.39 is 0 Å². The molecule has 1 aliphatic rings. The second-order valence-electron chi connectivity index (χ2n) is 7.81. The molecule has 2 aromatic rings. The summed E-state index contributed by atoms with van der Waals surface area (Å²) in [6.07, 6.45) is 6.07. The molecule has 2 aromatic heterocycles. The van der Waals surface area contributed by atoms with Crippen molar-refractivity contribution in [1.29, 1.82) is 0 Å². The maximum Gasteiger partial charge on any atom is 0.271 e. The minimum Gasteiger partial charge on any atom is -0.354 e. The van der Waals surface area contributed by atoms with Gasteiger partial charge in [-0.05, 0) is 25.5 Å². The smallest absolute Gasteiger partial charge is 0.271 e. The molecule has 1 saturated heterocycles. The number of hydrogen-bond acceptors (Lipinski definition) is 4. The first-order chi connectivity index (χ1) is 11.9. The van der Waals surface area contributed by atoms with Crippen LogP contribution in [0.2, 0.25) is 0 Å². The van der Waals surface area contributed by atoms with Gasteiger partial charge in [-0.1, -0.05) is 20.8 Å². The van der Waals surface area contributed by atoms with Crippen LogP contribution >= 0.6 is 0 Å². The van der Waals surface area contributed by atoms with Crippen molar-refractivity contribution < 1.29 is 4.79 Å². The maximum absolute atomic E-state index is 11.7. The molecule has 7 heteroatoms. The van der Waals surface area contributed by atoms with E-state index in [1.165, 1.54) is 11.3 Å². The van der Waals surface area contributed by atoms with Crippen molar-refractivity contribution in [1.82, 2.24) is 30.2 Å². The maximum atomic E-state index is 11.7. The number of carbonyl (C=O) groups excluding carboxylic acids is 1. The number of aromatic nitrogens is 4. The normalized spacial score (nSPS) is 19.1. The van der Waals surface area contributed by atoms with Gasteiger partial charge in [0.25, 0.3) is 5.91 Å². The van der Waals surface area contributed by atoms with Crippen molar-refractivity contribution >= 4 is 5.91 Å². The summed E-state index contributed by atoms with van der Waals surface area (Å²) in [4.78, 5) is 14.2. The first-order valence-corrected chi connectivity index (χ1v) is 8.91. The Hall–Kier alpha value is -2.15. The summed E-state index contributed by atoms with van der Waals surface area (Å²) in [6.45, 7) is 9.51. The van der Waals surface area contributed by atoms with Gasteiger partial charge in [0.1, 0.15) is 5.69 Å². The van der Waals surface area contributed by atoms with Gasteiger partial charge in [0.2, 0.25) is 0 Å². The highest BCUT2D eigenvalue weighted by Crippen LogP contribution is 2.27. The van der Waals surface area contributed by atoms with E-state index in [4.69, 9.17) is 0 Å². The van der Waals surface area contributed by atoms with Crippen LogP contribution in [-0.4, -0.2) is 50.9 Å². The fraction of sp³-hybridized carbons (Fsp3) is 0.611. The van der Waals surface area contributed by atoms with E-state index in [1.54, 1.807) is 13.1 Å². The van der Waals surface area contributed by atoms with Crippen molar-refractivity contribution in [2.45, 2.75) is 51.6 Å². The highest BCUT2D eigenvalue weighted by atomic mass is 16.1. The number of hydrogen-bond donors (Lipinski definition) is 2. The topological polar surface area (TPSA) is 78.8 Å². The summed E-state index contributed by atoms with van der Waals surface area (Å²) in [6, 6.07) is 2.09. The fourth-order valence-corrected chi connectivity index (χ4v) is 3.50. The average molecular weight is 344 g/mol. The lowest BCUT2D eigenvalue weighted by atomic mass is 9.89. The van der Waals surface area contributed by atoms with Crippen molar-refractivity contribution in [3.8, 4) is 0 Å². The van der Waals surface area contributed by atoms with Crippen LogP contribution in [0.4, 0.5) is 0 Å². The molecule has 0 saturated carbocycles. The zero-order valence-electron chi connectivity index (χ0n) is 15.5. The highest BCUT2D eigenvalue weighted by molar-refractivity contribution is 5.91. The number of rotatable bonds is 4. The summed E-state index contributed by atoms with van der Waals surface area (Å²) in [7, 11) is 1.63. The van der Waals surface area contributed by atoms with E-state index in [1.807, 2.05) is 17.1 Å². The van der Waals surface area contributed by atoms with E-state index in [0.29, 0.717) is 11.7 Å². The van der Waals surface area contributed by atoms with E-state index in [0.717, 1.165) is 32.5 Å². The van der Waals surface area contributed by atoms with Crippen molar-refractivity contribution in [2.75, 3.05) is 20.1 Å². The van der Waals surface area contributed by atoms with Crippen molar-refractivity contribution in [3.63, 3.8) is 0 Å². The lowest BCUT2D eigenvalue weighted by molar-refractivity contribution is 0.0955.